The second kappa shape index (κ2) is 9.11. The van der Waals surface area contributed by atoms with Crippen LogP contribution in [-0.2, 0) is 0 Å². The molecule has 240 valence electrons. The molecule has 0 saturated carbocycles. The summed E-state index contributed by atoms with van der Waals surface area (Å²) in [5.74, 6) is 2.29. The Morgan fingerprint density at radius 2 is 1.61 bits per heavy atom. The predicted molar refractivity (Wildman–Crippen MR) is 197 cm³/mol. The highest BCUT2D eigenvalue weighted by atomic mass is 16.3. The van der Waals surface area contributed by atoms with Crippen LogP contribution < -0.4 is 14.7 Å². The summed E-state index contributed by atoms with van der Waals surface area (Å²) in [4.78, 5) is 20.2. The Balaban J connectivity index is 1.17. The zero-order valence-corrected chi connectivity index (χ0v) is 28.2. The van der Waals surface area contributed by atoms with E-state index in [1.54, 1.807) is 0 Å². The summed E-state index contributed by atoms with van der Waals surface area (Å²) in [5, 5.41) is 2.33. The molecule has 5 aliphatic rings. The number of furan rings is 1. The van der Waals surface area contributed by atoms with Crippen LogP contribution in [0.1, 0.15) is 36.5 Å². The molecule has 4 aromatic carbocycles. The van der Waals surface area contributed by atoms with Gasteiger partial charge in [0.15, 0.2) is 17.2 Å². The molecular weight excluding hydrogens is 605 g/mol. The molecule has 6 aromatic rings. The first-order valence-electron chi connectivity index (χ1n) is 17.3. The fraction of sp³-hybridized carbons (Fsp3) is 0.238. The van der Waals surface area contributed by atoms with Crippen LogP contribution in [0.25, 0.3) is 38.9 Å². The first-order chi connectivity index (χ1) is 23.9. The molecule has 4 aliphatic heterocycles. The van der Waals surface area contributed by atoms with Gasteiger partial charge in [-0.2, -0.15) is 0 Å². The molecule has 1 aliphatic carbocycles. The summed E-state index contributed by atoms with van der Waals surface area (Å²) < 4.78 is 6.71. The number of aromatic nitrogens is 2. The van der Waals surface area contributed by atoms with Crippen LogP contribution in [0.2, 0.25) is 0 Å². The molecule has 2 aromatic heterocycles. The standard InChI is InChI=1S/C42H36N6O/c1-23-12-6-7-13-25(23)38-43-22-31-39(44-38)46(5)41-42(3)34(24(2)26-14-8-10-16-30(26)48(31)41)33-29-19-18-28-27-15-9-11-17-32(27)49-37(28)36(29)47-21-20-45(4)40(47)35(33)42/h6-22,24,34,40-41H,1-5H3. The number of anilines is 4. The zero-order valence-electron chi connectivity index (χ0n) is 28.2. The number of para-hydroxylation sites is 2. The summed E-state index contributed by atoms with van der Waals surface area (Å²) in [6, 6.07) is 30.5. The first-order valence-corrected chi connectivity index (χ1v) is 17.3. The van der Waals surface area contributed by atoms with Crippen LogP contribution in [0.15, 0.2) is 114 Å². The molecule has 49 heavy (non-hydrogen) atoms. The predicted octanol–water partition coefficient (Wildman–Crippen LogP) is 9.04. The molecule has 0 saturated heterocycles. The van der Waals surface area contributed by atoms with Crippen molar-refractivity contribution in [2.24, 2.45) is 11.3 Å². The highest BCUT2D eigenvalue weighted by Crippen LogP contribution is 2.72. The maximum absolute atomic E-state index is 6.71. The summed E-state index contributed by atoms with van der Waals surface area (Å²) in [6.45, 7) is 7.09. The van der Waals surface area contributed by atoms with Crippen LogP contribution in [0.4, 0.5) is 22.9 Å². The zero-order chi connectivity index (χ0) is 32.9. The molecule has 6 heterocycles. The number of rotatable bonds is 1. The average Bonchev–Trinajstić information content (AvgIpc) is 3.77. The number of aryl methyl sites for hydroxylation is 1. The molecule has 0 amide bonds. The lowest BCUT2D eigenvalue weighted by Crippen LogP contribution is -2.64. The molecule has 7 nitrogen and oxygen atoms in total. The Labute approximate surface area is 285 Å². The topological polar surface area (TPSA) is 51.9 Å². The second-order valence-electron chi connectivity index (χ2n) is 14.7. The largest absolute Gasteiger partial charge is 0.454 e. The van der Waals surface area contributed by atoms with Gasteiger partial charge in [-0.25, -0.2) is 9.97 Å². The maximum atomic E-state index is 6.71. The number of nitrogens with zero attached hydrogens (tertiary/aromatic N) is 6. The molecule has 0 bridgehead atoms. The highest BCUT2D eigenvalue weighted by molar-refractivity contribution is 6.13. The van der Waals surface area contributed by atoms with Crippen LogP contribution in [0.5, 0.6) is 0 Å². The fourth-order valence-electron chi connectivity index (χ4n) is 10.3. The Hall–Kier alpha value is -5.56. The van der Waals surface area contributed by atoms with Gasteiger partial charge in [-0.3, -0.25) is 0 Å². The van der Waals surface area contributed by atoms with Crippen molar-refractivity contribution in [3.8, 4) is 11.4 Å². The Morgan fingerprint density at radius 1 is 0.816 bits per heavy atom. The van der Waals surface area contributed by atoms with E-state index in [1.165, 1.54) is 44.6 Å². The van der Waals surface area contributed by atoms with Crippen molar-refractivity contribution in [1.82, 2.24) is 14.9 Å². The third kappa shape index (κ3) is 3.15. The van der Waals surface area contributed by atoms with E-state index in [1.807, 2.05) is 0 Å². The van der Waals surface area contributed by atoms with Crippen molar-refractivity contribution in [2.75, 3.05) is 28.8 Å². The van der Waals surface area contributed by atoms with Gasteiger partial charge in [-0.1, -0.05) is 80.6 Å². The summed E-state index contributed by atoms with van der Waals surface area (Å²) in [6.07, 6.45) is 6.58. The normalized spacial score (nSPS) is 25.8. The van der Waals surface area contributed by atoms with Gasteiger partial charge in [0, 0.05) is 65.4 Å². The molecule has 0 radical (unpaired) electrons. The fourth-order valence-corrected chi connectivity index (χ4v) is 10.3. The van der Waals surface area contributed by atoms with E-state index in [-0.39, 0.29) is 29.6 Å². The quantitative estimate of drug-likeness (QED) is 0.178. The van der Waals surface area contributed by atoms with Gasteiger partial charge >= 0.3 is 0 Å². The smallest absolute Gasteiger partial charge is 0.161 e. The summed E-state index contributed by atoms with van der Waals surface area (Å²) in [7, 11) is 4.45. The van der Waals surface area contributed by atoms with Gasteiger partial charge in [0.05, 0.1) is 11.9 Å². The molecule has 5 unspecified atom stereocenters. The van der Waals surface area contributed by atoms with E-state index in [4.69, 9.17) is 14.4 Å². The minimum absolute atomic E-state index is 0.00565. The summed E-state index contributed by atoms with van der Waals surface area (Å²) >= 11 is 0. The maximum Gasteiger partial charge on any atom is 0.161 e. The lowest BCUT2D eigenvalue weighted by atomic mass is 9.48. The van der Waals surface area contributed by atoms with Crippen LogP contribution in [0.3, 0.4) is 0 Å². The van der Waals surface area contributed by atoms with Crippen molar-refractivity contribution in [3.05, 3.63) is 126 Å². The van der Waals surface area contributed by atoms with Crippen molar-refractivity contribution in [1.29, 1.82) is 0 Å². The summed E-state index contributed by atoms with van der Waals surface area (Å²) in [5.41, 5.74) is 13.0. The number of allylic oxidation sites excluding steroid dienone is 1. The molecule has 5 atom stereocenters. The van der Waals surface area contributed by atoms with Crippen LogP contribution in [0, 0.1) is 18.3 Å². The SMILES string of the molecule is Cc1ccccc1-c1ncc2c(n1)N(C)C1N2c2ccccc2C(C)C2C3=C(C4N(C)C=CN4c4c3ccc3c4oc4ccccc43)C21C. The van der Waals surface area contributed by atoms with E-state index in [0.29, 0.717) is 0 Å². The van der Waals surface area contributed by atoms with Gasteiger partial charge in [0.25, 0.3) is 0 Å². The minimum Gasteiger partial charge on any atom is -0.454 e. The number of hydrogen-bond acceptors (Lipinski definition) is 7. The monoisotopic (exact) mass is 640 g/mol. The molecule has 0 fully saturated rings. The molecule has 0 spiro atoms. The van der Waals surface area contributed by atoms with Crippen molar-refractivity contribution in [3.63, 3.8) is 0 Å². The Bertz CT molecular complexity index is 2490. The number of fused-ring (bicyclic) bond motifs is 18. The lowest BCUT2D eigenvalue weighted by Gasteiger charge is -2.62. The highest BCUT2D eigenvalue weighted by Gasteiger charge is 2.67. The molecule has 7 heteroatoms. The Morgan fingerprint density at radius 3 is 2.49 bits per heavy atom. The second-order valence-corrected chi connectivity index (χ2v) is 14.7. The van der Waals surface area contributed by atoms with Gasteiger partial charge in [0.2, 0.25) is 0 Å². The third-order valence-corrected chi connectivity index (χ3v) is 12.3. The van der Waals surface area contributed by atoms with Gasteiger partial charge in [0.1, 0.15) is 23.6 Å². The van der Waals surface area contributed by atoms with E-state index in [2.05, 4.69) is 158 Å². The van der Waals surface area contributed by atoms with E-state index >= 15 is 0 Å². The first kappa shape index (κ1) is 27.4. The lowest BCUT2D eigenvalue weighted by molar-refractivity contribution is 0.153. The van der Waals surface area contributed by atoms with Crippen LogP contribution in [-0.4, -0.2) is 41.3 Å². The van der Waals surface area contributed by atoms with Crippen molar-refractivity contribution in [2.45, 2.75) is 39.0 Å². The minimum atomic E-state index is -0.226. The number of likely N-dealkylation sites (N-methyl/N-ethyl adjacent to an activating group) is 1. The number of benzene rings is 4. The van der Waals surface area contributed by atoms with Gasteiger partial charge in [-0.15, -0.1) is 0 Å². The number of hydrogen-bond donors (Lipinski definition) is 0. The molecule has 0 N–H and O–H groups in total. The van der Waals surface area contributed by atoms with Gasteiger partial charge in [-0.05, 0) is 53.3 Å². The van der Waals surface area contributed by atoms with Crippen molar-refractivity contribution < 1.29 is 4.42 Å². The van der Waals surface area contributed by atoms with Gasteiger partial charge < -0.3 is 24.0 Å². The Kier molecular flexibility index (Phi) is 5.09. The third-order valence-electron chi connectivity index (χ3n) is 12.3. The van der Waals surface area contributed by atoms with Crippen LogP contribution >= 0.6 is 0 Å². The van der Waals surface area contributed by atoms with E-state index < -0.39 is 0 Å². The van der Waals surface area contributed by atoms with E-state index in [0.717, 1.165) is 39.4 Å². The molecule has 11 rings (SSSR count). The molecular formula is C42H36N6O. The van der Waals surface area contributed by atoms with E-state index in [9.17, 15) is 0 Å². The van der Waals surface area contributed by atoms with Crippen molar-refractivity contribution >= 4 is 50.4 Å². The average molecular weight is 641 g/mol.